The van der Waals surface area contributed by atoms with Gasteiger partial charge in [0.1, 0.15) is 0 Å². The molecule has 6 aromatic carbocycles. The largest absolute Gasteiger partial charge is 0.356 e. The van der Waals surface area contributed by atoms with E-state index in [-0.39, 0.29) is 6.71 Å². The van der Waals surface area contributed by atoms with Gasteiger partial charge in [0.25, 0.3) is 0 Å². The fourth-order valence-corrected chi connectivity index (χ4v) is 5.26. The highest BCUT2D eigenvalue weighted by Gasteiger charge is 2.22. The molecule has 0 aliphatic carbocycles. The number of anilines is 6. The molecular formula is C39H36BN3. The highest BCUT2D eigenvalue weighted by Crippen LogP contribution is 2.19. The van der Waals surface area contributed by atoms with Gasteiger partial charge >= 0.3 is 0 Å². The maximum absolute atomic E-state index is 3.53. The summed E-state index contributed by atoms with van der Waals surface area (Å²) in [6, 6.07) is 51.9. The lowest BCUT2D eigenvalue weighted by molar-refractivity contribution is 1.45. The maximum Gasteiger partial charge on any atom is 0.241 e. The second-order valence-corrected chi connectivity index (χ2v) is 11.3. The molecule has 6 aromatic rings. The van der Waals surface area contributed by atoms with E-state index in [4.69, 9.17) is 0 Å². The minimum atomic E-state index is 0.0928. The second kappa shape index (κ2) is 12.7. The van der Waals surface area contributed by atoms with Crippen LogP contribution in [-0.4, -0.2) is 6.71 Å². The van der Waals surface area contributed by atoms with E-state index in [2.05, 4.69) is 182 Å². The Labute approximate surface area is 255 Å². The van der Waals surface area contributed by atoms with Crippen LogP contribution in [0.3, 0.4) is 0 Å². The summed E-state index contributed by atoms with van der Waals surface area (Å²) in [6.45, 7) is 6.41. The Hall–Kier alpha value is -5.22. The van der Waals surface area contributed by atoms with Gasteiger partial charge in [0.2, 0.25) is 6.71 Å². The van der Waals surface area contributed by atoms with Crippen molar-refractivity contribution in [1.29, 1.82) is 0 Å². The van der Waals surface area contributed by atoms with Crippen LogP contribution in [0.1, 0.15) is 16.7 Å². The van der Waals surface area contributed by atoms with E-state index in [1.54, 1.807) is 0 Å². The van der Waals surface area contributed by atoms with Gasteiger partial charge in [-0.2, -0.15) is 0 Å². The average Bonchev–Trinajstić information content (AvgIpc) is 3.03. The number of aryl methyl sites for hydroxylation is 3. The summed E-state index contributed by atoms with van der Waals surface area (Å²) in [5.74, 6) is 0. The molecule has 0 saturated carbocycles. The molecule has 0 unspecified atom stereocenters. The Balaban J connectivity index is 1.27. The summed E-state index contributed by atoms with van der Waals surface area (Å²) in [5, 5.41) is 10.6. The van der Waals surface area contributed by atoms with Crippen LogP contribution in [0.15, 0.2) is 146 Å². The van der Waals surface area contributed by atoms with E-state index >= 15 is 0 Å². The summed E-state index contributed by atoms with van der Waals surface area (Å²) in [6.07, 6.45) is 0. The molecule has 0 aromatic heterocycles. The monoisotopic (exact) mass is 557 g/mol. The second-order valence-electron chi connectivity index (χ2n) is 11.3. The lowest BCUT2D eigenvalue weighted by Gasteiger charge is -2.18. The lowest BCUT2D eigenvalue weighted by atomic mass is 9.37. The van der Waals surface area contributed by atoms with Crippen molar-refractivity contribution in [3.63, 3.8) is 0 Å². The number of rotatable bonds is 9. The molecule has 0 saturated heterocycles. The van der Waals surface area contributed by atoms with Gasteiger partial charge < -0.3 is 16.0 Å². The molecule has 0 aliphatic rings. The zero-order valence-corrected chi connectivity index (χ0v) is 24.9. The van der Waals surface area contributed by atoms with Crippen LogP contribution in [0.4, 0.5) is 34.1 Å². The number of benzene rings is 6. The first-order valence-electron chi connectivity index (χ1n) is 14.8. The molecule has 0 fully saturated rings. The van der Waals surface area contributed by atoms with Gasteiger partial charge in [-0.3, -0.25) is 0 Å². The molecule has 0 bridgehead atoms. The van der Waals surface area contributed by atoms with Crippen molar-refractivity contribution in [3.05, 3.63) is 162 Å². The van der Waals surface area contributed by atoms with Crippen molar-refractivity contribution < 1.29 is 0 Å². The Morgan fingerprint density at radius 3 is 0.674 bits per heavy atom. The third kappa shape index (κ3) is 7.17. The Bertz CT molecular complexity index is 1540. The summed E-state index contributed by atoms with van der Waals surface area (Å²) < 4.78 is 0. The van der Waals surface area contributed by atoms with Crippen molar-refractivity contribution in [2.24, 2.45) is 0 Å². The molecular weight excluding hydrogens is 521 g/mol. The van der Waals surface area contributed by atoms with E-state index in [1.165, 1.54) is 33.1 Å². The molecule has 0 heterocycles. The van der Waals surface area contributed by atoms with Crippen molar-refractivity contribution in [2.45, 2.75) is 20.8 Å². The third-order valence-electron chi connectivity index (χ3n) is 7.75. The van der Waals surface area contributed by atoms with Gasteiger partial charge in [-0.05, 0) is 93.6 Å². The first kappa shape index (κ1) is 27.9. The molecule has 0 aliphatic heterocycles. The normalized spacial score (nSPS) is 10.7. The molecule has 43 heavy (non-hydrogen) atoms. The Morgan fingerprint density at radius 2 is 0.465 bits per heavy atom. The van der Waals surface area contributed by atoms with E-state index in [9.17, 15) is 0 Å². The first-order valence-corrected chi connectivity index (χ1v) is 14.8. The Morgan fingerprint density at radius 1 is 0.279 bits per heavy atom. The standard InChI is InChI=1S/C39H36BN3/c1-28-4-16-34(17-5-28)41-37-22-10-31(11-23-37)40(32-12-24-38(25-13-32)42-35-18-6-29(2)7-19-35)33-14-26-39(27-15-33)43-36-20-8-30(3)9-21-36/h4-27,41-43H,1-3H3. The van der Waals surface area contributed by atoms with Gasteiger partial charge in [-0.1, -0.05) is 106 Å². The van der Waals surface area contributed by atoms with E-state index in [1.807, 2.05) is 0 Å². The van der Waals surface area contributed by atoms with Crippen LogP contribution in [0.2, 0.25) is 0 Å². The van der Waals surface area contributed by atoms with Crippen LogP contribution < -0.4 is 32.3 Å². The van der Waals surface area contributed by atoms with E-state index in [0.717, 1.165) is 34.1 Å². The molecule has 210 valence electrons. The van der Waals surface area contributed by atoms with Crippen molar-refractivity contribution >= 4 is 57.2 Å². The van der Waals surface area contributed by atoms with Crippen LogP contribution in [0.5, 0.6) is 0 Å². The fraction of sp³-hybridized carbons (Fsp3) is 0.0769. The highest BCUT2D eigenvalue weighted by molar-refractivity contribution is 6.95. The molecule has 0 spiro atoms. The zero-order chi connectivity index (χ0) is 29.6. The predicted molar refractivity (Wildman–Crippen MR) is 187 cm³/mol. The smallest absolute Gasteiger partial charge is 0.241 e. The number of hydrogen-bond donors (Lipinski definition) is 3. The number of nitrogens with one attached hydrogen (secondary N) is 3. The summed E-state index contributed by atoms with van der Waals surface area (Å²) in [4.78, 5) is 0. The van der Waals surface area contributed by atoms with Gasteiger partial charge in [0.15, 0.2) is 0 Å². The lowest BCUT2D eigenvalue weighted by Crippen LogP contribution is -2.51. The topological polar surface area (TPSA) is 36.1 Å². The van der Waals surface area contributed by atoms with Gasteiger partial charge in [-0.25, -0.2) is 0 Å². The van der Waals surface area contributed by atoms with Crippen molar-refractivity contribution in [1.82, 2.24) is 0 Å². The quantitative estimate of drug-likeness (QED) is 0.156. The van der Waals surface area contributed by atoms with Crippen LogP contribution in [-0.2, 0) is 0 Å². The molecule has 3 nitrogen and oxygen atoms in total. The van der Waals surface area contributed by atoms with Gasteiger partial charge in [0.05, 0.1) is 0 Å². The molecule has 6 rings (SSSR count). The minimum Gasteiger partial charge on any atom is -0.356 e. The summed E-state index contributed by atoms with van der Waals surface area (Å²) in [7, 11) is 0. The van der Waals surface area contributed by atoms with Crippen LogP contribution >= 0.6 is 0 Å². The number of hydrogen-bond acceptors (Lipinski definition) is 3. The summed E-state index contributed by atoms with van der Waals surface area (Å²) in [5.41, 5.74) is 14.0. The van der Waals surface area contributed by atoms with Gasteiger partial charge in [0, 0.05) is 34.1 Å². The summed E-state index contributed by atoms with van der Waals surface area (Å²) >= 11 is 0. The van der Waals surface area contributed by atoms with E-state index in [0.29, 0.717) is 0 Å². The van der Waals surface area contributed by atoms with E-state index < -0.39 is 0 Å². The molecule has 4 heteroatoms. The Kier molecular flexibility index (Phi) is 8.28. The molecule has 0 radical (unpaired) electrons. The molecule has 0 atom stereocenters. The van der Waals surface area contributed by atoms with Crippen LogP contribution in [0, 0.1) is 20.8 Å². The SMILES string of the molecule is Cc1ccc(Nc2ccc(B(c3ccc(Nc4ccc(C)cc4)cc3)c3ccc(Nc4ccc(C)cc4)cc3)cc2)cc1. The third-order valence-corrected chi connectivity index (χ3v) is 7.75. The fourth-order valence-electron chi connectivity index (χ4n) is 5.26. The van der Waals surface area contributed by atoms with Crippen molar-refractivity contribution in [2.75, 3.05) is 16.0 Å². The van der Waals surface area contributed by atoms with Crippen LogP contribution in [0.25, 0.3) is 0 Å². The highest BCUT2D eigenvalue weighted by atomic mass is 14.9. The maximum atomic E-state index is 3.53. The molecule has 0 amide bonds. The average molecular weight is 558 g/mol. The zero-order valence-electron chi connectivity index (χ0n) is 24.9. The van der Waals surface area contributed by atoms with Gasteiger partial charge in [-0.15, -0.1) is 0 Å². The molecule has 3 N–H and O–H groups in total. The minimum absolute atomic E-state index is 0.0928. The predicted octanol–water partition coefficient (Wildman–Crippen LogP) is 8.36. The van der Waals surface area contributed by atoms with Crippen molar-refractivity contribution in [3.8, 4) is 0 Å². The first-order chi connectivity index (χ1) is 21.0.